The van der Waals surface area contributed by atoms with Crippen molar-refractivity contribution in [2.24, 2.45) is 5.92 Å². The van der Waals surface area contributed by atoms with Crippen LogP contribution in [-0.2, 0) is 0 Å². The topological polar surface area (TPSA) is 91.6 Å². The first-order valence-electron chi connectivity index (χ1n) is 9.53. The van der Waals surface area contributed by atoms with Gasteiger partial charge < -0.3 is 20.2 Å². The molecule has 1 aliphatic heterocycles. The summed E-state index contributed by atoms with van der Waals surface area (Å²) >= 11 is 12.2. The van der Waals surface area contributed by atoms with Crippen LogP contribution in [0.2, 0.25) is 10.0 Å². The molecule has 33 heavy (non-hydrogen) atoms. The average molecular weight is 499 g/mol. The lowest BCUT2D eigenvalue weighted by atomic mass is 9.79. The maximum absolute atomic E-state index is 14.0. The van der Waals surface area contributed by atoms with Crippen LogP contribution >= 0.6 is 23.2 Å². The highest BCUT2D eigenvalue weighted by molar-refractivity contribution is 6.35. The Labute approximate surface area is 195 Å². The Bertz CT molecular complexity index is 1220. The van der Waals surface area contributed by atoms with Gasteiger partial charge in [0.2, 0.25) is 5.72 Å². The van der Waals surface area contributed by atoms with Gasteiger partial charge in [-0.1, -0.05) is 53.5 Å². The van der Waals surface area contributed by atoms with E-state index in [-0.39, 0.29) is 22.1 Å². The maximum Gasteiger partial charge on any atom is 0.437 e. The van der Waals surface area contributed by atoms with Crippen molar-refractivity contribution in [3.8, 4) is 11.3 Å². The van der Waals surface area contributed by atoms with E-state index in [2.05, 4.69) is 5.32 Å². The van der Waals surface area contributed by atoms with Crippen LogP contribution < -0.4 is 10.6 Å². The molecule has 3 N–H and O–H groups in total. The molecule has 1 saturated heterocycles. The van der Waals surface area contributed by atoms with Gasteiger partial charge in [-0.2, -0.15) is 13.2 Å². The molecule has 2 amide bonds. The number of hydrogen-bond acceptors (Lipinski definition) is 4. The molecular weight excluding hydrogens is 484 g/mol. The monoisotopic (exact) mass is 498 g/mol. The number of amides is 2. The number of halogens is 5. The molecule has 4 rings (SSSR count). The lowest BCUT2D eigenvalue weighted by Crippen LogP contribution is -2.72. The highest BCUT2D eigenvalue weighted by Gasteiger charge is 2.66. The summed E-state index contributed by atoms with van der Waals surface area (Å²) < 4.78 is 47.6. The standard InChI is InChI=1S/C22H15Cl2F3N2O4/c23-12-6-7-14(24)13(10-12)15-8-9-16(33-15)18-17(19(30)11-4-2-1-3-5-11)21(32,22(25,26)27)29-20(31)28-18/h1-10,17-18,32H,(H2,28,29,31)/t17-,18-,21+/m1/s1. The van der Waals surface area contributed by atoms with Crippen LogP contribution in [0.1, 0.15) is 22.2 Å². The molecule has 6 nitrogen and oxygen atoms in total. The lowest BCUT2D eigenvalue weighted by molar-refractivity contribution is -0.288. The van der Waals surface area contributed by atoms with Crippen molar-refractivity contribution in [1.29, 1.82) is 0 Å². The molecule has 3 atom stereocenters. The SMILES string of the molecule is O=C1N[C@H](c2ccc(-c3cc(Cl)ccc3Cl)o2)[C@H](C(=O)c2ccccc2)[C@](O)(C(F)(F)F)N1. The van der Waals surface area contributed by atoms with Crippen molar-refractivity contribution in [2.75, 3.05) is 0 Å². The second-order valence-electron chi connectivity index (χ2n) is 7.37. The van der Waals surface area contributed by atoms with E-state index in [1.165, 1.54) is 53.8 Å². The van der Waals surface area contributed by atoms with E-state index in [1.54, 1.807) is 12.1 Å². The molecule has 0 bridgehead atoms. The third-order valence-electron chi connectivity index (χ3n) is 5.27. The first-order chi connectivity index (χ1) is 15.5. The Hall–Kier alpha value is -3.01. The van der Waals surface area contributed by atoms with Crippen molar-refractivity contribution in [3.63, 3.8) is 0 Å². The number of carbonyl (C=O) groups is 2. The smallest absolute Gasteiger partial charge is 0.437 e. The summed E-state index contributed by atoms with van der Waals surface area (Å²) in [5.74, 6) is -3.29. The molecule has 1 aliphatic rings. The predicted molar refractivity (Wildman–Crippen MR) is 114 cm³/mol. The fourth-order valence-corrected chi connectivity index (χ4v) is 4.09. The van der Waals surface area contributed by atoms with Crippen molar-refractivity contribution in [2.45, 2.75) is 17.9 Å². The van der Waals surface area contributed by atoms with Gasteiger partial charge in [0.25, 0.3) is 0 Å². The molecule has 11 heteroatoms. The molecule has 172 valence electrons. The number of nitrogens with one attached hydrogen (secondary N) is 2. The molecule has 0 radical (unpaired) electrons. The summed E-state index contributed by atoms with van der Waals surface area (Å²) in [5.41, 5.74) is -3.58. The zero-order valence-corrected chi connectivity index (χ0v) is 18.0. The van der Waals surface area contributed by atoms with E-state index in [1.807, 2.05) is 0 Å². The van der Waals surface area contributed by atoms with E-state index >= 15 is 0 Å². The molecule has 3 aromatic rings. The first-order valence-corrected chi connectivity index (χ1v) is 10.3. The number of hydrogen-bond donors (Lipinski definition) is 3. The summed E-state index contributed by atoms with van der Waals surface area (Å²) in [6.45, 7) is 0. The molecule has 0 aliphatic carbocycles. The van der Waals surface area contributed by atoms with Gasteiger partial charge in [0.05, 0.1) is 5.02 Å². The van der Waals surface area contributed by atoms with Crippen LogP contribution in [-0.4, -0.2) is 28.8 Å². The van der Waals surface area contributed by atoms with Crippen LogP contribution in [0.25, 0.3) is 11.3 Å². The normalized spacial score (nSPS) is 23.0. The lowest BCUT2D eigenvalue weighted by Gasteiger charge is -2.44. The molecule has 0 unspecified atom stereocenters. The third-order valence-corrected chi connectivity index (χ3v) is 5.84. The Morgan fingerprint density at radius 1 is 1.06 bits per heavy atom. The number of aliphatic hydroxyl groups is 1. The largest absolute Gasteiger partial charge is 0.459 e. The molecule has 1 fully saturated rings. The Balaban J connectivity index is 1.83. The minimum absolute atomic E-state index is 0.0854. The summed E-state index contributed by atoms with van der Waals surface area (Å²) in [6.07, 6.45) is -5.37. The molecular formula is C22H15Cl2F3N2O4. The molecule has 0 spiro atoms. The van der Waals surface area contributed by atoms with Crippen molar-refractivity contribution < 1.29 is 32.3 Å². The van der Waals surface area contributed by atoms with Crippen LogP contribution in [0.3, 0.4) is 0 Å². The Morgan fingerprint density at radius 2 is 1.76 bits per heavy atom. The number of rotatable bonds is 4. The predicted octanol–water partition coefficient (Wildman–Crippen LogP) is 5.36. The number of ketones is 1. The fraction of sp³-hybridized carbons (Fsp3) is 0.182. The second kappa shape index (κ2) is 8.40. The maximum atomic E-state index is 14.0. The number of urea groups is 1. The van der Waals surface area contributed by atoms with Crippen molar-refractivity contribution >= 4 is 35.0 Å². The Morgan fingerprint density at radius 3 is 2.42 bits per heavy atom. The number of carbonyl (C=O) groups excluding carboxylic acids is 2. The molecule has 2 aromatic carbocycles. The Kier molecular flexibility index (Phi) is 5.90. The van der Waals surface area contributed by atoms with Crippen molar-refractivity contribution in [3.05, 3.63) is 82.0 Å². The van der Waals surface area contributed by atoms with Crippen molar-refractivity contribution in [1.82, 2.24) is 10.6 Å². The van der Waals surface area contributed by atoms with Crippen LogP contribution in [0.15, 0.2) is 65.1 Å². The molecule has 0 saturated carbocycles. The number of alkyl halides is 3. The summed E-state index contributed by atoms with van der Waals surface area (Å²) in [7, 11) is 0. The molecule has 1 aromatic heterocycles. The summed E-state index contributed by atoms with van der Waals surface area (Å²) in [5, 5.41) is 14.9. The fourth-order valence-electron chi connectivity index (χ4n) is 3.71. The van der Waals surface area contributed by atoms with Gasteiger partial charge in [-0.05, 0) is 30.3 Å². The van der Waals surface area contributed by atoms with Gasteiger partial charge >= 0.3 is 12.2 Å². The van der Waals surface area contributed by atoms with Crippen LogP contribution in [0, 0.1) is 5.92 Å². The second-order valence-corrected chi connectivity index (χ2v) is 8.22. The highest BCUT2D eigenvalue weighted by Crippen LogP contribution is 2.45. The van der Waals surface area contributed by atoms with Gasteiger partial charge in [0.15, 0.2) is 5.78 Å². The quantitative estimate of drug-likeness (QED) is 0.422. The average Bonchev–Trinajstić information content (AvgIpc) is 3.24. The van der Waals surface area contributed by atoms with E-state index in [0.717, 1.165) is 0 Å². The van der Waals surface area contributed by atoms with E-state index in [0.29, 0.717) is 10.6 Å². The highest BCUT2D eigenvalue weighted by atomic mass is 35.5. The zero-order chi connectivity index (χ0) is 24.0. The number of furan rings is 1. The van der Waals surface area contributed by atoms with Gasteiger partial charge in [-0.15, -0.1) is 0 Å². The van der Waals surface area contributed by atoms with Gasteiger partial charge in [-0.25, -0.2) is 4.79 Å². The van der Waals surface area contributed by atoms with E-state index in [9.17, 15) is 27.9 Å². The summed E-state index contributed by atoms with van der Waals surface area (Å²) in [6, 6.07) is 11.4. The van der Waals surface area contributed by atoms with Crippen LogP contribution in [0.4, 0.5) is 18.0 Å². The van der Waals surface area contributed by atoms with Gasteiger partial charge in [0, 0.05) is 16.1 Å². The number of benzene rings is 2. The molecule has 2 heterocycles. The first kappa shape index (κ1) is 23.2. The zero-order valence-electron chi connectivity index (χ0n) is 16.5. The van der Waals surface area contributed by atoms with E-state index in [4.69, 9.17) is 27.6 Å². The number of Topliss-reactive ketones (excluding diaryl/α,β-unsaturated/α-hetero) is 1. The third kappa shape index (κ3) is 4.19. The van der Waals surface area contributed by atoms with Crippen LogP contribution in [0.5, 0.6) is 0 Å². The van der Waals surface area contributed by atoms with Gasteiger partial charge in [-0.3, -0.25) is 4.79 Å². The minimum atomic E-state index is -5.37. The van der Waals surface area contributed by atoms with E-state index < -0.39 is 35.7 Å². The van der Waals surface area contributed by atoms with Gasteiger partial charge in [0.1, 0.15) is 23.5 Å². The minimum Gasteiger partial charge on any atom is -0.459 e. The summed E-state index contributed by atoms with van der Waals surface area (Å²) in [4.78, 5) is 25.3.